The number of carbonyl (C=O) groups excluding carboxylic acids is 2. The lowest BCUT2D eigenvalue weighted by Crippen LogP contribution is -2.18. The predicted octanol–water partition coefficient (Wildman–Crippen LogP) is 1.62. The van der Waals surface area contributed by atoms with Crippen LogP contribution in [0.1, 0.15) is 30.1 Å². The Labute approximate surface area is 98.6 Å². The molecule has 0 aliphatic rings. The molecule has 1 rings (SSSR count). The standard InChI is InChI=1S/C12H14O5/c1-2-3-6-17-12(16)11(15)9-5-4-8(13)7-10(9)14/h4-5,7,13-14H,2-3,6H2,1H3. The Morgan fingerprint density at radius 1 is 1.29 bits per heavy atom. The summed E-state index contributed by atoms with van der Waals surface area (Å²) in [6.45, 7) is 2.11. The maximum Gasteiger partial charge on any atom is 0.379 e. The van der Waals surface area contributed by atoms with Gasteiger partial charge in [0, 0.05) is 6.07 Å². The topological polar surface area (TPSA) is 83.8 Å². The van der Waals surface area contributed by atoms with Gasteiger partial charge >= 0.3 is 5.97 Å². The minimum Gasteiger partial charge on any atom is -0.508 e. The highest BCUT2D eigenvalue weighted by molar-refractivity contribution is 6.41. The lowest BCUT2D eigenvalue weighted by molar-refractivity contribution is -0.138. The van der Waals surface area contributed by atoms with Crippen molar-refractivity contribution in [2.24, 2.45) is 0 Å². The quantitative estimate of drug-likeness (QED) is 0.352. The highest BCUT2D eigenvalue weighted by Crippen LogP contribution is 2.23. The molecule has 0 aliphatic carbocycles. The van der Waals surface area contributed by atoms with Crippen LogP contribution in [0.2, 0.25) is 0 Å². The van der Waals surface area contributed by atoms with E-state index in [1.54, 1.807) is 0 Å². The second kappa shape index (κ2) is 5.89. The second-order valence-corrected chi connectivity index (χ2v) is 3.52. The molecule has 0 aliphatic heterocycles. The van der Waals surface area contributed by atoms with Gasteiger partial charge in [-0.25, -0.2) is 4.79 Å². The zero-order valence-electron chi connectivity index (χ0n) is 9.47. The van der Waals surface area contributed by atoms with Crippen LogP contribution in [-0.2, 0) is 9.53 Å². The fourth-order valence-electron chi connectivity index (χ4n) is 1.20. The van der Waals surface area contributed by atoms with E-state index < -0.39 is 17.5 Å². The van der Waals surface area contributed by atoms with Gasteiger partial charge in [-0.15, -0.1) is 0 Å². The molecule has 5 heteroatoms. The Hall–Kier alpha value is -2.04. The average molecular weight is 238 g/mol. The molecule has 0 saturated heterocycles. The number of phenols is 2. The molecule has 0 radical (unpaired) electrons. The van der Waals surface area contributed by atoms with Gasteiger partial charge in [0.25, 0.3) is 5.78 Å². The van der Waals surface area contributed by atoms with Crippen molar-refractivity contribution in [3.63, 3.8) is 0 Å². The molecule has 2 N–H and O–H groups in total. The van der Waals surface area contributed by atoms with Gasteiger partial charge in [-0.1, -0.05) is 13.3 Å². The molecule has 0 amide bonds. The van der Waals surface area contributed by atoms with Crippen LogP contribution in [0.25, 0.3) is 0 Å². The average Bonchev–Trinajstić information content (AvgIpc) is 2.28. The molecule has 0 heterocycles. The molecule has 0 unspecified atom stereocenters. The van der Waals surface area contributed by atoms with E-state index in [-0.39, 0.29) is 17.9 Å². The van der Waals surface area contributed by atoms with Gasteiger partial charge < -0.3 is 14.9 Å². The van der Waals surface area contributed by atoms with E-state index in [4.69, 9.17) is 9.84 Å². The molecule has 1 aromatic carbocycles. The third-order valence-corrected chi connectivity index (χ3v) is 2.14. The fraction of sp³-hybridized carbons (Fsp3) is 0.333. The van der Waals surface area contributed by atoms with E-state index in [2.05, 4.69) is 0 Å². The summed E-state index contributed by atoms with van der Waals surface area (Å²) in [6, 6.07) is 3.38. The van der Waals surface area contributed by atoms with Crippen LogP contribution in [0.5, 0.6) is 11.5 Å². The summed E-state index contributed by atoms with van der Waals surface area (Å²) < 4.78 is 4.72. The number of benzene rings is 1. The lowest BCUT2D eigenvalue weighted by atomic mass is 10.1. The van der Waals surface area contributed by atoms with Crippen LogP contribution >= 0.6 is 0 Å². The van der Waals surface area contributed by atoms with Crippen LogP contribution in [0.4, 0.5) is 0 Å². The third-order valence-electron chi connectivity index (χ3n) is 2.14. The van der Waals surface area contributed by atoms with E-state index in [1.807, 2.05) is 6.92 Å². The third kappa shape index (κ3) is 3.48. The lowest BCUT2D eigenvalue weighted by Gasteiger charge is -2.04. The van der Waals surface area contributed by atoms with Crippen molar-refractivity contribution in [3.05, 3.63) is 23.8 Å². The second-order valence-electron chi connectivity index (χ2n) is 3.52. The summed E-state index contributed by atoms with van der Waals surface area (Å²) in [4.78, 5) is 22.9. The summed E-state index contributed by atoms with van der Waals surface area (Å²) in [5.41, 5.74) is -0.177. The summed E-state index contributed by atoms with van der Waals surface area (Å²) in [5, 5.41) is 18.4. The summed E-state index contributed by atoms with van der Waals surface area (Å²) in [7, 11) is 0. The van der Waals surface area contributed by atoms with Crippen molar-refractivity contribution >= 4 is 11.8 Å². The number of phenolic OH excluding ortho intramolecular Hbond substituents is 2. The summed E-state index contributed by atoms with van der Waals surface area (Å²) in [6.07, 6.45) is 1.53. The molecule has 0 aromatic heterocycles. The van der Waals surface area contributed by atoms with E-state index in [0.29, 0.717) is 6.42 Å². The largest absolute Gasteiger partial charge is 0.508 e. The van der Waals surface area contributed by atoms with Crippen molar-refractivity contribution in [2.45, 2.75) is 19.8 Å². The van der Waals surface area contributed by atoms with Crippen LogP contribution < -0.4 is 0 Å². The first kappa shape index (κ1) is 13.0. The van der Waals surface area contributed by atoms with E-state index in [1.165, 1.54) is 12.1 Å². The van der Waals surface area contributed by atoms with Gasteiger partial charge in [-0.2, -0.15) is 0 Å². The molecular weight excluding hydrogens is 224 g/mol. The Kier molecular flexibility index (Phi) is 4.51. The molecule has 0 atom stereocenters. The Bertz CT molecular complexity index is 425. The highest BCUT2D eigenvalue weighted by Gasteiger charge is 2.21. The number of esters is 1. The van der Waals surface area contributed by atoms with Crippen molar-refractivity contribution in [1.82, 2.24) is 0 Å². The molecule has 0 bridgehead atoms. The molecule has 17 heavy (non-hydrogen) atoms. The van der Waals surface area contributed by atoms with Gasteiger partial charge in [-0.3, -0.25) is 4.79 Å². The predicted molar refractivity (Wildman–Crippen MR) is 60.0 cm³/mol. The van der Waals surface area contributed by atoms with Gasteiger partial charge in [-0.05, 0) is 18.6 Å². The first-order chi connectivity index (χ1) is 8.06. The smallest absolute Gasteiger partial charge is 0.379 e. The Morgan fingerprint density at radius 2 is 2.00 bits per heavy atom. The molecule has 1 aromatic rings. The minimum absolute atomic E-state index is 0.177. The normalized spacial score (nSPS) is 9.94. The first-order valence-corrected chi connectivity index (χ1v) is 5.29. The van der Waals surface area contributed by atoms with Gasteiger partial charge in [0.2, 0.25) is 0 Å². The minimum atomic E-state index is -1.00. The van der Waals surface area contributed by atoms with Gasteiger partial charge in [0.05, 0.1) is 12.2 Å². The maximum absolute atomic E-state index is 11.6. The van der Waals surface area contributed by atoms with Crippen molar-refractivity contribution < 1.29 is 24.5 Å². The SMILES string of the molecule is CCCCOC(=O)C(=O)c1ccc(O)cc1O. The monoisotopic (exact) mass is 238 g/mol. The van der Waals surface area contributed by atoms with E-state index >= 15 is 0 Å². The van der Waals surface area contributed by atoms with Crippen molar-refractivity contribution in [3.8, 4) is 11.5 Å². The number of aromatic hydroxyl groups is 2. The van der Waals surface area contributed by atoms with Gasteiger partial charge in [0.1, 0.15) is 11.5 Å². The van der Waals surface area contributed by atoms with Crippen LogP contribution in [0.15, 0.2) is 18.2 Å². The van der Waals surface area contributed by atoms with E-state index in [9.17, 15) is 14.7 Å². The number of unbranched alkanes of at least 4 members (excludes halogenated alkanes) is 1. The summed E-state index contributed by atoms with van der Waals surface area (Å²) >= 11 is 0. The molecule has 0 spiro atoms. The number of carbonyl (C=O) groups is 2. The zero-order chi connectivity index (χ0) is 12.8. The van der Waals surface area contributed by atoms with Gasteiger partial charge in [0.15, 0.2) is 0 Å². The first-order valence-electron chi connectivity index (χ1n) is 5.29. The molecule has 0 saturated carbocycles. The van der Waals surface area contributed by atoms with Crippen molar-refractivity contribution in [2.75, 3.05) is 6.61 Å². The van der Waals surface area contributed by atoms with E-state index in [0.717, 1.165) is 12.5 Å². The number of ketones is 1. The molecule has 0 fully saturated rings. The maximum atomic E-state index is 11.6. The van der Waals surface area contributed by atoms with Crippen LogP contribution in [0.3, 0.4) is 0 Å². The van der Waals surface area contributed by atoms with Crippen molar-refractivity contribution in [1.29, 1.82) is 0 Å². The Morgan fingerprint density at radius 3 is 2.59 bits per heavy atom. The number of Topliss-reactive ketones (excluding diaryl/α,β-unsaturated/α-hetero) is 1. The Balaban J connectivity index is 2.72. The molecule has 5 nitrogen and oxygen atoms in total. The van der Waals surface area contributed by atoms with Crippen LogP contribution in [0, 0.1) is 0 Å². The number of rotatable bonds is 5. The number of hydrogen-bond acceptors (Lipinski definition) is 5. The fourth-order valence-corrected chi connectivity index (χ4v) is 1.20. The zero-order valence-corrected chi connectivity index (χ0v) is 9.47. The summed E-state index contributed by atoms with van der Waals surface area (Å²) in [5.74, 6) is -2.54. The number of hydrogen-bond donors (Lipinski definition) is 2. The highest BCUT2D eigenvalue weighted by atomic mass is 16.5. The number of ether oxygens (including phenoxy) is 1. The molecule has 92 valence electrons. The molecular formula is C12H14O5. The van der Waals surface area contributed by atoms with Crippen LogP contribution in [-0.4, -0.2) is 28.6 Å².